The molecule has 116 valence electrons. The number of thiophene rings is 1. The molecule has 2 aliphatic rings. The van der Waals surface area contributed by atoms with Crippen molar-refractivity contribution in [2.45, 2.75) is 58.7 Å². The molecular weight excluding hydrogens is 280 g/mol. The number of nitrogens with zero attached hydrogens (tertiary/aromatic N) is 1. The number of carbonyl (C=O) groups excluding carboxylic acids is 1. The lowest BCUT2D eigenvalue weighted by Gasteiger charge is -2.42. The molecule has 2 heterocycles. The maximum Gasteiger partial charge on any atom is 0.238 e. The summed E-state index contributed by atoms with van der Waals surface area (Å²) < 4.78 is 0. The third-order valence-electron chi connectivity index (χ3n) is 5.04. The van der Waals surface area contributed by atoms with E-state index >= 15 is 0 Å². The van der Waals surface area contributed by atoms with Gasteiger partial charge in [-0.05, 0) is 43.7 Å². The first kappa shape index (κ1) is 15.0. The number of aryl methyl sites for hydroxylation is 1. The molecular formula is C17H26N2OS. The van der Waals surface area contributed by atoms with E-state index in [1.807, 2.05) is 11.3 Å². The summed E-state index contributed by atoms with van der Waals surface area (Å²) in [6.45, 7) is 7.23. The number of hydrogen-bond acceptors (Lipinski definition) is 3. The zero-order valence-corrected chi connectivity index (χ0v) is 14.1. The van der Waals surface area contributed by atoms with Crippen LogP contribution in [0.5, 0.6) is 0 Å². The SMILES string of the molecule is Cc1ccc(C2NCC(=O)N2C2CCCCC2C(C)C)s1. The van der Waals surface area contributed by atoms with Crippen molar-refractivity contribution in [2.24, 2.45) is 11.8 Å². The summed E-state index contributed by atoms with van der Waals surface area (Å²) in [7, 11) is 0. The predicted molar refractivity (Wildman–Crippen MR) is 87.2 cm³/mol. The van der Waals surface area contributed by atoms with Gasteiger partial charge in [-0.2, -0.15) is 0 Å². The van der Waals surface area contributed by atoms with Crippen molar-refractivity contribution in [2.75, 3.05) is 6.54 Å². The maximum absolute atomic E-state index is 12.5. The first-order valence-corrected chi connectivity index (χ1v) is 9.00. The van der Waals surface area contributed by atoms with Gasteiger partial charge in [0.05, 0.1) is 6.54 Å². The molecule has 2 fully saturated rings. The van der Waals surface area contributed by atoms with E-state index in [-0.39, 0.29) is 12.1 Å². The summed E-state index contributed by atoms with van der Waals surface area (Å²) in [4.78, 5) is 17.3. The minimum Gasteiger partial charge on any atom is -0.318 e. The smallest absolute Gasteiger partial charge is 0.238 e. The Balaban J connectivity index is 1.87. The predicted octanol–water partition coefficient (Wildman–Crippen LogP) is 3.70. The van der Waals surface area contributed by atoms with Crippen LogP contribution in [0.3, 0.4) is 0 Å². The van der Waals surface area contributed by atoms with Gasteiger partial charge in [0.15, 0.2) is 0 Å². The van der Waals surface area contributed by atoms with Gasteiger partial charge in [0, 0.05) is 15.8 Å². The van der Waals surface area contributed by atoms with Crippen LogP contribution in [-0.4, -0.2) is 23.4 Å². The lowest BCUT2D eigenvalue weighted by Crippen LogP contribution is -2.46. The highest BCUT2D eigenvalue weighted by Gasteiger charge is 2.42. The third kappa shape index (κ3) is 2.88. The van der Waals surface area contributed by atoms with E-state index in [1.54, 1.807) is 0 Å². The summed E-state index contributed by atoms with van der Waals surface area (Å²) in [6, 6.07) is 4.74. The largest absolute Gasteiger partial charge is 0.318 e. The van der Waals surface area contributed by atoms with Crippen LogP contribution in [0.1, 0.15) is 55.5 Å². The van der Waals surface area contributed by atoms with Crippen LogP contribution < -0.4 is 5.32 Å². The number of hydrogen-bond donors (Lipinski definition) is 1. The molecule has 3 unspecified atom stereocenters. The average Bonchev–Trinajstić information content (AvgIpc) is 3.04. The molecule has 1 aliphatic carbocycles. The fraction of sp³-hybridized carbons (Fsp3) is 0.706. The number of carbonyl (C=O) groups is 1. The summed E-state index contributed by atoms with van der Waals surface area (Å²) in [6.07, 6.45) is 5.10. The molecule has 1 aromatic heterocycles. The van der Waals surface area contributed by atoms with Gasteiger partial charge in [-0.15, -0.1) is 11.3 Å². The topological polar surface area (TPSA) is 32.3 Å². The van der Waals surface area contributed by atoms with E-state index in [0.717, 1.165) is 6.42 Å². The second kappa shape index (κ2) is 6.09. The Morgan fingerprint density at radius 3 is 2.71 bits per heavy atom. The molecule has 3 rings (SSSR count). The molecule has 0 radical (unpaired) electrons. The summed E-state index contributed by atoms with van der Waals surface area (Å²) in [5.41, 5.74) is 0. The van der Waals surface area contributed by atoms with Crippen molar-refractivity contribution in [1.29, 1.82) is 0 Å². The summed E-state index contributed by atoms with van der Waals surface area (Å²) >= 11 is 1.81. The molecule has 1 saturated heterocycles. The third-order valence-corrected chi connectivity index (χ3v) is 6.09. The van der Waals surface area contributed by atoms with Gasteiger partial charge in [0.1, 0.15) is 6.17 Å². The molecule has 3 atom stereocenters. The van der Waals surface area contributed by atoms with Gasteiger partial charge >= 0.3 is 0 Å². The first-order chi connectivity index (χ1) is 10.1. The van der Waals surface area contributed by atoms with Crippen LogP contribution in [0, 0.1) is 18.8 Å². The van der Waals surface area contributed by atoms with E-state index in [2.05, 4.69) is 43.1 Å². The van der Waals surface area contributed by atoms with E-state index in [1.165, 1.54) is 29.0 Å². The number of amides is 1. The lowest BCUT2D eigenvalue weighted by atomic mass is 9.77. The molecule has 1 amide bonds. The zero-order valence-electron chi connectivity index (χ0n) is 13.3. The van der Waals surface area contributed by atoms with E-state index < -0.39 is 0 Å². The highest BCUT2D eigenvalue weighted by molar-refractivity contribution is 7.12. The van der Waals surface area contributed by atoms with Gasteiger partial charge in [-0.1, -0.05) is 26.7 Å². The Morgan fingerprint density at radius 1 is 1.29 bits per heavy atom. The average molecular weight is 306 g/mol. The van der Waals surface area contributed by atoms with Crippen LogP contribution in [0.15, 0.2) is 12.1 Å². The monoisotopic (exact) mass is 306 g/mol. The van der Waals surface area contributed by atoms with Crippen LogP contribution in [0.2, 0.25) is 0 Å². The molecule has 1 N–H and O–H groups in total. The van der Waals surface area contributed by atoms with Crippen molar-refractivity contribution in [3.05, 3.63) is 21.9 Å². The second-order valence-electron chi connectivity index (χ2n) is 6.79. The Labute approximate surface area is 131 Å². The van der Waals surface area contributed by atoms with Gasteiger partial charge < -0.3 is 4.90 Å². The Hall–Kier alpha value is -0.870. The van der Waals surface area contributed by atoms with Crippen molar-refractivity contribution < 1.29 is 4.79 Å². The van der Waals surface area contributed by atoms with Crippen LogP contribution >= 0.6 is 11.3 Å². The first-order valence-electron chi connectivity index (χ1n) is 8.19. The summed E-state index contributed by atoms with van der Waals surface area (Å²) in [5, 5.41) is 3.43. The van der Waals surface area contributed by atoms with E-state index in [0.29, 0.717) is 24.4 Å². The van der Waals surface area contributed by atoms with Gasteiger partial charge in [-0.3, -0.25) is 10.1 Å². The summed E-state index contributed by atoms with van der Waals surface area (Å²) in [5.74, 6) is 1.57. The minimum atomic E-state index is 0.0977. The Bertz CT molecular complexity index is 511. The fourth-order valence-electron chi connectivity index (χ4n) is 4.00. The molecule has 21 heavy (non-hydrogen) atoms. The van der Waals surface area contributed by atoms with Crippen molar-refractivity contribution >= 4 is 17.2 Å². The zero-order chi connectivity index (χ0) is 15.0. The molecule has 0 spiro atoms. The molecule has 1 aliphatic heterocycles. The van der Waals surface area contributed by atoms with Crippen molar-refractivity contribution in [3.8, 4) is 0 Å². The second-order valence-corrected chi connectivity index (χ2v) is 8.11. The standard InChI is InChI=1S/C17H26N2OS/c1-11(2)13-6-4-5-7-14(13)19-16(20)10-18-17(19)15-9-8-12(3)21-15/h8-9,11,13-14,17-18H,4-7,10H2,1-3H3. The molecule has 1 aromatic rings. The van der Waals surface area contributed by atoms with E-state index in [4.69, 9.17) is 0 Å². The molecule has 4 heteroatoms. The normalized spacial score (nSPS) is 30.4. The van der Waals surface area contributed by atoms with Gasteiger partial charge in [0.25, 0.3) is 0 Å². The molecule has 0 aromatic carbocycles. The van der Waals surface area contributed by atoms with Crippen LogP contribution in [-0.2, 0) is 4.79 Å². The van der Waals surface area contributed by atoms with Crippen LogP contribution in [0.4, 0.5) is 0 Å². The van der Waals surface area contributed by atoms with Gasteiger partial charge in [0.2, 0.25) is 5.91 Å². The quantitative estimate of drug-likeness (QED) is 0.923. The maximum atomic E-state index is 12.5. The molecule has 3 nitrogen and oxygen atoms in total. The van der Waals surface area contributed by atoms with Crippen molar-refractivity contribution in [1.82, 2.24) is 10.2 Å². The highest BCUT2D eigenvalue weighted by Crippen LogP contribution is 2.39. The fourth-order valence-corrected chi connectivity index (χ4v) is 4.95. The lowest BCUT2D eigenvalue weighted by molar-refractivity contribution is -0.132. The van der Waals surface area contributed by atoms with Gasteiger partial charge in [-0.25, -0.2) is 0 Å². The highest BCUT2D eigenvalue weighted by atomic mass is 32.1. The van der Waals surface area contributed by atoms with Crippen molar-refractivity contribution in [3.63, 3.8) is 0 Å². The van der Waals surface area contributed by atoms with Crippen LogP contribution in [0.25, 0.3) is 0 Å². The van der Waals surface area contributed by atoms with E-state index in [9.17, 15) is 4.79 Å². The minimum absolute atomic E-state index is 0.0977. The Morgan fingerprint density at radius 2 is 2.05 bits per heavy atom. The Kier molecular flexibility index (Phi) is 4.36. The number of nitrogens with one attached hydrogen (secondary N) is 1. The number of rotatable bonds is 3. The molecule has 1 saturated carbocycles. The molecule has 0 bridgehead atoms.